The van der Waals surface area contributed by atoms with Gasteiger partial charge in [-0.15, -0.1) is 20.4 Å². The highest BCUT2D eigenvalue weighted by Gasteiger charge is 2.17. The Hall–Kier alpha value is -3.57. The van der Waals surface area contributed by atoms with Crippen molar-refractivity contribution in [3.05, 3.63) is 76.6 Å². The van der Waals surface area contributed by atoms with Gasteiger partial charge in [-0.3, -0.25) is 19.5 Å². The highest BCUT2D eigenvalue weighted by atomic mass is 32.2. The number of hydrogen-bond donors (Lipinski definition) is 2. The molecule has 2 amide bonds. The third-order valence-electron chi connectivity index (χ3n) is 4.51. The van der Waals surface area contributed by atoms with E-state index in [1.165, 1.54) is 23.1 Å². The van der Waals surface area contributed by atoms with Crippen LogP contribution in [0, 0.1) is 13.8 Å². The molecular weight excluding hydrogens is 458 g/mol. The first-order chi connectivity index (χ1) is 16.0. The van der Waals surface area contributed by atoms with Crippen molar-refractivity contribution < 1.29 is 9.59 Å². The van der Waals surface area contributed by atoms with E-state index in [1.807, 2.05) is 60.9 Å². The lowest BCUT2D eigenvalue weighted by atomic mass is 10.2. The van der Waals surface area contributed by atoms with Crippen molar-refractivity contribution in [2.24, 2.45) is 0 Å². The molecule has 0 aliphatic carbocycles. The number of rotatable bonds is 8. The Balaban J connectivity index is 1.51. The molecule has 0 radical (unpaired) electrons. The number of thioether (sulfide) groups is 1. The summed E-state index contributed by atoms with van der Waals surface area (Å²) >= 11 is 2.57. The second-order valence-corrected chi connectivity index (χ2v) is 9.21. The van der Waals surface area contributed by atoms with Crippen LogP contribution < -0.4 is 10.6 Å². The second kappa shape index (κ2) is 10.4. The molecule has 2 N–H and O–H groups in total. The van der Waals surface area contributed by atoms with Crippen LogP contribution >= 0.6 is 23.1 Å². The van der Waals surface area contributed by atoms with E-state index < -0.39 is 0 Å². The molecule has 0 unspecified atom stereocenters. The summed E-state index contributed by atoms with van der Waals surface area (Å²) in [6, 6.07) is 16.9. The fraction of sp³-hybridized carbons (Fsp3) is 0.182. The lowest BCUT2D eigenvalue weighted by molar-refractivity contribution is -0.113. The number of anilines is 1. The Kier molecular flexibility index (Phi) is 7.10. The summed E-state index contributed by atoms with van der Waals surface area (Å²) in [6.07, 6.45) is 0. The lowest BCUT2D eigenvalue weighted by Crippen LogP contribution is -2.24. The summed E-state index contributed by atoms with van der Waals surface area (Å²) in [5.74, 6) is 0.274. The number of hydrogen-bond acceptors (Lipinski definition) is 8. The third kappa shape index (κ3) is 5.82. The smallest absolute Gasteiger partial charge is 0.251 e. The largest absolute Gasteiger partial charge is 0.345 e. The highest BCUT2D eigenvalue weighted by Crippen LogP contribution is 2.23. The summed E-state index contributed by atoms with van der Waals surface area (Å²) in [5.41, 5.74) is 2.49. The van der Waals surface area contributed by atoms with Gasteiger partial charge in [0.25, 0.3) is 5.91 Å². The van der Waals surface area contributed by atoms with Crippen LogP contribution in [0.2, 0.25) is 0 Å². The molecule has 4 rings (SSSR count). The van der Waals surface area contributed by atoms with Crippen molar-refractivity contribution in [1.82, 2.24) is 30.3 Å². The van der Waals surface area contributed by atoms with Crippen molar-refractivity contribution in [3.8, 4) is 5.69 Å². The van der Waals surface area contributed by atoms with Gasteiger partial charge in [0.2, 0.25) is 11.0 Å². The van der Waals surface area contributed by atoms with Crippen LogP contribution in [0.5, 0.6) is 0 Å². The van der Waals surface area contributed by atoms with Gasteiger partial charge in [0.05, 0.1) is 12.3 Å². The summed E-state index contributed by atoms with van der Waals surface area (Å²) < 4.78 is 1.85. The maximum atomic E-state index is 12.5. The average Bonchev–Trinajstić information content (AvgIpc) is 3.42. The Labute approximate surface area is 198 Å². The molecule has 4 aromatic rings. The fourth-order valence-electron chi connectivity index (χ4n) is 3.02. The predicted octanol–water partition coefficient (Wildman–Crippen LogP) is 3.40. The minimum atomic E-state index is -0.214. The topological polar surface area (TPSA) is 115 Å². The molecule has 0 atom stereocenters. The number of aryl methyl sites for hydroxylation is 2. The van der Waals surface area contributed by atoms with E-state index in [1.54, 1.807) is 12.1 Å². The van der Waals surface area contributed by atoms with Crippen molar-refractivity contribution in [3.63, 3.8) is 0 Å². The Morgan fingerprint density at radius 2 is 1.82 bits per heavy atom. The molecule has 9 nitrogen and oxygen atoms in total. The van der Waals surface area contributed by atoms with Crippen LogP contribution in [-0.4, -0.2) is 42.5 Å². The molecule has 0 aliphatic rings. The van der Waals surface area contributed by atoms with E-state index in [9.17, 15) is 9.59 Å². The first-order valence-electron chi connectivity index (χ1n) is 10.1. The Bertz CT molecular complexity index is 1270. The summed E-state index contributed by atoms with van der Waals surface area (Å²) in [6.45, 7) is 4.00. The minimum absolute atomic E-state index is 0.124. The van der Waals surface area contributed by atoms with E-state index >= 15 is 0 Å². The Morgan fingerprint density at radius 3 is 2.55 bits per heavy atom. The molecule has 2 heterocycles. The van der Waals surface area contributed by atoms with Gasteiger partial charge < -0.3 is 5.32 Å². The molecule has 0 fully saturated rings. The van der Waals surface area contributed by atoms with Crippen molar-refractivity contribution in [2.75, 3.05) is 11.1 Å². The molecule has 0 saturated heterocycles. The number of nitrogens with zero attached hydrogens (tertiary/aromatic N) is 5. The SMILES string of the molecule is Cc1cccc(-n2c(CNC(=O)c3ccccc3)nnc2SCC(=O)Nc2nnc(C)s2)c1. The normalized spacial score (nSPS) is 10.7. The first kappa shape index (κ1) is 22.6. The number of aromatic nitrogens is 5. The van der Waals surface area contributed by atoms with Crippen LogP contribution in [0.4, 0.5) is 5.13 Å². The van der Waals surface area contributed by atoms with Gasteiger partial charge >= 0.3 is 0 Å². The van der Waals surface area contributed by atoms with E-state index in [4.69, 9.17) is 0 Å². The summed E-state index contributed by atoms with van der Waals surface area (Å²) in [7, 11) is 0. The predicted molar refractivity (Wildman–Crippen MR) is 128 cm³/mol. The molecule has 33 heavy (non-hydrogen) atoms. The highest BCUT2D eigenvalue weighted by molar-refractivity contribution is 7.99. The van der Waals surface area contributed by atoms with Crippen LogP contribution in [0.1, 0.15) is 26.8 Å². The second-order valence-electron chi connectivity index (χ2n) is 7.09. The van der Waals surface area contributed by atoms with Crippen molar-refractivity contribution in [2.45, 2.75) is 25.5 Å². The molecule has 0 spiro atoms. The maximum Gasteiger partial charge on any atom is 0.251 e. The number of nitrogens with one attached hydrogen (secondary N) is 2. The van der Waals surface area contributed by atoms with E-state index in [2.05, 4.69) is 31.0 Å². The lowest BCUT2D eigenvalue weighted by Gasteiger charge is -2.11. The quantitative estimate of drug-likeness (QED) is 0.372. The van der Waals surface area contributed by atoms with Crippen LogP contribution in [-0.2, 0) is 11.3 Å². The summed E-state index contributed by atoms with van der Waals surface area (Å²) in [5, 5.41) is 23.8. The van der Waals surface area contributed by atoms with Gasteiger partial charge in [0.15, 0.2) is 11.0 Å². The minimum Gasteiger partial charge on any atom is -0.345 e. The standard InChI is InChI=1S/C22H21N7O2S2/c1-14-7-6-10-17(11-14)29-18(12-23-20(31)16-8-4-3-5-9-16)26-28-22(29)32-13-19(30)24-21-27-25-15(2)33-21/h3-11H,12-13H2,1-2H3,(H,23,31)(H,24,27,30). The van der Waals surface area contributed by atoms with E-state index in [0.29, 0.717) is 21.7 Å². The average molecular weight is 480 g/mol. The van der Waals surface area contributed by atoms with Gasteiger partial charge in [-0.05, 0) is 43.7 Å². The number of benzene rings is 2. The van der Waals surface area contributed by atoms with Crippen LogP contribution in [0.3, 0.4) is 0 Å². The zero-order valence-electron chi connectivity index (χ0n) is 18.0. The molecule has 0 aliphatic heterocycles. The number of carbonyl (C=O) groups excluding carboxylic acids is 2. The Morgan fingerprint density at radius 1 is 1.00 bits per heavy atom. The molecule has 168 valence electrons. The zero-order chi connectivity index (χ0) is 23.2. The van der Waals surface area contributed by atoms with Gasteiger partial charge in [-0.2, -0.15) is 0 Å². The monoisotopic (exact) mass is 479 g/mol. The molecule has 0 saturated carbocycles. The molecule has 0 bridgehead atoms. The number of carbonyl (C=O) groups is 2. The van der Waals surface area contributed by atoms with Crippen LogP contribution in [0.15, 0.2) is 59.8 Å². The zero-order valence-corrected chi connectivity index (χ0v) is 19.6. The van der Waals surface area contributed by atoms with Crippen LogP contribution in [0.25, 0.3) is 5.69 Å². The van der Waals surface area contributed by atoms with E-state index in [0.717, 1.165) is 16.3 Å². The van der Waals surface area contributed by atoms with Crippen molar-refractivity contribution >= 4 is 40.0 Å². The molecule has 11 heteroatoms. The van der Waals surface area contributed by atoms with Gasteiger partial charge in [0, 0.05) is 11.3 Å². The first-order valence-corrected chi connectivity index (χ1v) is 11.9. The molecule has 2 aromatic carbocycles. The van der Waals surface area contributed by atoms with E-state index in [-0.39, 0.29) is 24.1 Å². The summed E-state index contributed by atoms with van der Waals surface area (Å²) in [4.78, 5) is 24.8. The van der Waals surface area contributed by atoms with Crippen molar-refractivity contribution in [1.29, 1.82) is 0 Å². The van der Waals surface area contributed by atoms with Gasteiger partial charge in [-0.1, -0.05) is 53.4 Å². The van der Waals surface area contributed by atoms with Gasteiger partial charge in [0.1, 0.15) is 5.01 Å². The molecule has 2 aromatic heterocycles. The molecular formula is C22H21N7O2S2. The fourth-order valence-corrected chi connectivity index (χ4v) is 4.40. The maximum absolute atomic E-state index is 12.5. The van der Waals surface area contributed by atoms with Gasteiger partial charge in [-0.25, -0.2) is 0 Å². The number of amides is 2. The third-order valence-corrected chi connectivity index (χ3v) is 6.19.